The van der Waals surface area contributed by atoms with E-state index in [0.29, 0.717) is 38.0 Å². The van der Waals surface area contributed by atoms with E-state index >= 15 is 0 Å². The van der Waals surface area contributed by atoms with E-state index in [2.05, 4.69) is 15.6 Å². The molecule has 2 N–H and O–H groups in total. The van der Waals surface area contributed by atoms with Crippen LogP contribution in [0, 0.1) is 0 Å². The van der Waals surface area contributed by atoms with Crippen LogP contribution in [-0.2, 0) is 9.59 Å². The van der Waals surface area contributed by atoms with Crippen LogP contribution in [0.1, 0.15) is 24.1 Å². The van der Waals surface area contributed by atoms with Crippen LogP contribution in [0.5, 0.6) is 0 Å². The Hall–Kier alpha value is -4.27. The summed E-state index contributed by atoms with van der Waals surface area (Å²) in [5, 5.41) is 6.19. The molecule has 182 valence electrons. The number of benzene rings is 3. The van der Waals surface area contributed by atoms with Crippen molar-refractivity contribution < 1.29 is 9.59 Å². The minimum atomic E-state index is -0.723. The molecule has 37 heavy (non-hydrogen) atoms. The van der Waals surface area contributed by atoms with Crippen molar-refractivity contribution in [1.82, 2.24) is 4.57 Å². The average Bonchev–Trinajstić information content (AvgIpc) is 3.38. The number of thiazole rings is 1. The van der Waals surface area contributed by atoms with E-state index in [9.17, 15) is 14.4 Å². The molecular weight excluding hydrogens is 508 g/mol. The van der Waals surface area contributed by atoms with Crippen molar-refractivity contribution in [2.24, 2.45) is 4.99 Å². The number of allylic oxidation sites excluding steroid dienone is 1. The summed E-state index contributed by atoms with van der Waals surface area (Å²) in [5.74, 6) is -0.730. The second-order valence-corrected chi connectivity index (χ2v) is 10.1. The number of hydrogen-bond donors (Lipinski definition) is 2. The molecule has 9 heteroatoms. The SMILES string of the molecule is CC1=C(C(=O)Nc2ccccc2)[C@H](c2ccccc2)n2c(s/c(=C3\C(=O)Nc4ccc(Cl)cc43)c2=O)=N1. The van der Waals surface area contributed by atoms with Gasteiger partial charge in [-0.25, -0.2) is 4.99 Å². The molecule has 0 saturated heterocycles. The zero-order valence-electron chi connectivity index (χ0n) is 19.5. The number of rotatable bonds is 3. The smallest absolute Gasteiger partial charge is 0.271 e. The van der Waals surface area contributed by atoms with Crippen molar-refractivity contribution in [3.63, 3.8) is 0 Å². The van der Waals surface area contributed by atoms with Crippen LogP contribution in [0.2, 0.25) is 5.02 Å². The standard InChI is InChI=1S/C28H19ClN4O3S/c1-15-21(25(34)31-18-10-6-3-7-11-18)23(16-8-4-2-5-9-16)33-27(36)24(37-28(33)30-15)22-19-14-17(29)12-13-20(19)32-26(22)35/h2-14,23H,1H3,(H,31,34)(H,32,35)/b24-22-/t23-/m0/s1. The van der Waals surface area contributed by atoms with Crippen LogP contribution in [0.25, 0.3) is 5.57 Å². The number of carbonyl (C=O) groups is 2. The first-order valence-corrected chi connectivity index (χ1v) is 12.7. The number of carbonyl (C=O) groups excluding carboxylic acids is 2. The number of anilines is 2. The molecule has 0 aliphatic carbocycles. The van der Waals surface area contributed by atoms with Crippen LogP contribution in [0.3, 0.4) is 0 Å². The summed E-state index contributed by atoms with van der Waals surface area (Å²) in [6.07, 6.45) is 0. The Labute approximate surface area is 220 Å². The van der Waals surface area contributed by atoms with Gasteiger partial charge in [0.15, 0.2) is 4.80 Å². The van der Waals surface area contributed by atoms with Gasteiger partial charge in [-0.1, -0.05) is 71.5 Å². The summed E-state index contributed by atoms with van der Waals surface area (Å²) in [5.41, 5.74) is 3.27. The van der Waals surface area contributed by atoms with Gasteiger partial charge in [-0.2, -0.15) is 0 Å². The quantitative estimate of drug-likeness (QED) is 0.425. The molecule has 2 aliphatic heterocycles. The Morgan fingerprint density at radius 1 is 1.03 bits per heavy atom. The van der Waals surface area contributed by atoms with Crippen molar-refractivity contribution in [2.75, 3.05) is 10.6 Å². The molecule has 0 radical (unpaired) electrons. The number of halogens is 1. The zero-order valence-corrected chi connectivity index (χ0v) is 21.1. The third-order valence-electron chi connectivity index (χ3n) is 6.34. The number of hydrogen-bond acceptors (Lipinski definition) is 5. The van der Waals surface area contributed by atoms with Crippen molar-refractivity contribution in [3.8, 4) is 0 Å². The highest BCUT2D eigenvalue weighted by Gasteiger charge is 2.34. The van der Waals surface area contributed by atoms with E-state index in [1.165, 1.54) is 4.57 Å². The third kappa shape index (κ3) is 3.91. The van der Waals surface area contributed by atoms with E-state index in [0.717, 1.165) is 16.9 Å². The van der Waals surface area contributed by atoms with Gasteiger partial charge in [0.25, 0.3) is 17.4 Å². The molecule has 1 atom stereocenters. The van der Waals surface area contributed by atoms with Crippen molar-refractivity contribution in [1.29, 1.82) is 0 Å². The molecule has 2 amide bonds. The minimum absolute atomic E-state index is 0.246. The summed E-state index contributed by atoms with van der Waals surface area (Å²) in [6.45, 7) is 1.76. The van der Waals surface area contributed by atoms with Crippen LogP contribution in [0.4, 0.5) is 11.4 Å². The van der Waals surface area contributed by atoms with Gasteiger partial charge in [0.05, 0.1) is 22.9 Å². The number of aromatic nitrogens is 1. The second kappa shape index (κ2) is 8.99. The maximum absolute atomic E-state index is 14.0. The molecule has 0 spiro atoms. The predicted octanol–water partition coefficient (Wildman–Crippen LogP) is 3.85. The average molecular weight is 527 g/mol. The first-order valence-electron chi connectivity index (χ1n) is 11.5. The van der Waals surface area contributed by atoms with Gasteiger partial charge in [-0.05, 0) is 42.8 Å². The first kappa shape index (κ1) is 23.1. The fourth-order valence-corrected chi connectivity index (χ4v) is 6.01. The largest absolute Gasteiger partial charge is 0.322 e. The predicted molar refractivity (Wildman–Crippen MR) is 144 cm³/mol. The number of nitrogens with one attached hydrogen (secondary N) is 2. The topological polar surface area (TPSA) is 92.6 Å². The molecule has 0 unspecified atom stereocenters. The van der Waals surface area contributed by atoms with Gasteiger partial charge in [-0.3, -0.25) is 19.0 Å². The summed E-state index contributed by atoms with van der Waals surface area (Å²) in [4.78, 5) is 45.6. The van der Waals surface area contributed by atoms with Crippen molar-refractivity contribution in [3.05, 3.63) is 126 Å². The highest BCUT2D eigenvalue weighted by molar-refractivity contribution is 7.07. The molecule has 7 nitrogen and oxygen atoms in total. The number of para-hydroxylation sites is 1. The molecule has 0 bridgehead atoms. The van der Waals surface area contributed by atoms with E-state index in [1.807, 2.05) is 48.5 Å². The van der Waals surface area contributed by atoms with Crippen molar-refractivity contribution >= 4 is 51.7 Å². The maximum Gasteiger partial charge on any atom is 0.271 e. The lowest BCUT2D eigenvalue weighted by Crippen LogP contribution is -2.41. The van der Waals surface area contributed by atoms with Gasteiger partial charge in [0.1, 0.15) is 4.53 Å². The summed E-state index contributed by atoms with van der Waals surface area (Å²) >= 11 is 7.33. The number of nitrogens with zero attached hydrogens (tertiary/aromatic N) is 2. The summed E-state index contributed by atoms with van der Waals surface area (Å²) in [7, 11) is 0. The van der Waals surface area contributed by atoms with E-state index < -0.39 is 11.6 Å². The lowest BCUT2D eigenvalue weighted by Gasteiger charge is -2.25. The van der Waals surface area contributed by atoms with Gasteiger partial charge < -0.3 is 10.6 Å². The monoisotopic (exact) mass is 526 g/mol. The fourth-order valence-electron chi connectivity index (χ4n) is 4.70. The molecule has 4 aromatic rings. The van der Waals surface area contributed by atoms with Crippen LogP contribution < -0.4 is 25.5 Å². The lowest BCUT2D eigenvalue weighted by molar-refractivity contribution is -0.113. The lowest BCUT2D eigenvalue weighted by atomic mass is 9.95. The van der Waals surface area contributed by atoms with Gasteiger partial charge in [-0.15, -0.1) is 0 Å². The summed E-state index contributed by atoms with van der Waals surface area (Å²) < 4.78 is 1.75. The van der Waals surface area contributed by atoms with Gasteiger partial charge in [0, 0.05) is 22.0 Å². The molecule has 0 fully saturated rings. The van der Waals surface area contributed by atoms with Crippen molar-refractivity contribution in [2.45, 2.75) is 13.0 Å². The zero-order chi connectivity index (χ0) is 25.7. The van der Waals surface area contributed by atoms with E-state index in [4.69, 9.17) is 11.6 Å². The molecule has 0 saturated carbocycles. The molecule has 6 rings (SSSR count). The van der Waals surface area contributed by atoms with Gasteiger partial charge in [0.2, 0.25) is 0 Å². The van der Waals surface area contributed by atoms with Gasteiger partial charge >= 0.3 is 0 Å². The highest BCUT2D eigenvalue weighted by Crippen LogP contribution is 2.33. The molecule has 2 aliphatic rings. The molecule has 1 aromatic heterocycles. The van der Waals surface area contributed by atoms with Crippen LogP contribution in [0.15, 0.2) is 99.9 Å². The normalized spacial score (nSPS) is 17.6. The van der Waals surface area contributed by atoms with E-state index in [-0.39, 0.29) is 21.9 Å². The molecular formula is C28H19ClN4O3S. The molecule has 3 heterocycles. The Balaban J connectivity index is 1.58. The Morgan fingerprint density at radius 2 is 1.73 bits per heavy atom. The molecule has 3 aromatic carbocycles. The third-order valence-corrected chi connectivity index (χ3v) is 7.63. The second-order valence-electron chi connectivity index (χ2n) is 8.65. The fraction of sp³-hybridized carbons (Fsp3) is 0.0714. The van der Waals surface area contributed by atoms with E-state index in [1.54, 1.807) is 37.3 Å². The Morgan fingerprint density at radius 3 is 2.46 bits per heavy atom. The maximum atomic E-state index is 14.0. The number of fused-ring (bicyclic) bond motifs is 2. The summed E-state index contributed by atoms with van der Waals surface area (Å²) in [6, 6.07) is 22.8. The minimum Gasteiger partial charge on any atom is -0.322 e. The van der Waals surface area contributed by atoms with Crippen LogP contribution in [-0.4, -0.2) is 16.4 Å². The highest BCUT2D eigenvalue weighted by atomic mass is 35.5. The first-order chi connectivity index (χ1) is 17.9. The number of amides is 2. The Kier molecular flexibility index (Phi) is 5.62. The Bertz CT molecular complexity index is 1810. The van der Waals surface area contributed by atoms with Crippen LogP contribution >= 0.6 is 22.9 Å².